The van der Waals surface area contributed by atoms with Gasteiger partial charge in [0.15, 0.2) is 5.01 Å². The summed E-state index contributed by atoms with van der Waals surface area (Å²) in [6.45, 7) is 0.512. The number of hydrogen-bond donors (Lipinski definition) is 1. The lowest BCUT2D eigenvalue weighted by Gasteiger charge is -1.97. The molecule has 0 saturated carbocycles. The molecule has 0 amide bonds. The van der Waals surface area contributed by atoms with Crippen molar-refractivity contribution in [2.75, 3.05) is 6.54 Å². The van der Waals surface area contributed by atoms with Crippen molar-refractivity contribution in [2.24, 2.45) is 5.73 Å². The molecule has 0 aliphatic rings. The lowest BCUT2D eigenvalue weighted by Crippen LogP contribution is -2.01. The second-order valence-corrected chi connectivity index (χ2v) is 4.66. The summed E-state index contributed by atoms with van der Waals surface area (Å²) in [5.41, 5.74) is 5.83. The molecule has 0 aliphatic carbocycles. The lowest BCUT2D eigenvalue weighted by atomic mass is 10.2. The van der Waals surface area contributed by atoms with Gasteiger partial charge in [-0.3, -0.25) is 0 Å². The highest BCUT2D eigenvalue weighted by Crippen LogP contribution is 2.27. The van der Waals surface area contributed by atoms with E-state index in [-0.39, 0.29) is 5.82 Å². The molecule has 0 atom stereocenters. The van der Waals surface area contributed by atoms with Crippen LogP contribution in [0.4, 0.5) is 4.39 Å². The Labute approximate surface area is 101 Å². The van der Waals surface area contributed by atoms with E-state index in [4.69, 9.17) is 17.3 Å². The summed E-state index contributed by atoms with van der Waals surface area (Å²) in [5.74, 6) is -0.386. The maximum atomic E-state index is 13.6. The van der Waals surface area contributed by atoms with Crippen LogP contribution in [0.2, 0.25) is 5.02 Å². The molecule has 0 aliphatic heterocycles. The fraction of sp³-hybridized carbons (Fsp3) is 0.200. The Hall–Kier alpha value is -1.04. The van der Waals surface area contributed by atoms with E-state index in [1.807, 2.05) is 0 Å². The summed E-state index contributed by atoms with van der Waals surface area (Å²) >= 11 is 7.02. The third kappa shape index (κ3) is 2.37. The average molecular weight is 258 g/mol. The van der Waals surface area contributed by atoms with Gasteiger partial charge in [-0.1, -0.05) is 22.9 Å². The number of rotatable bonds is 3. The first kappa shape index (κ1) is 11.4. The zero-order valence-corrected chi connectivity index (χ0v) is 9.85. The molecule has 0 radical (unpaired) electrons. The van der Waals surface area contributed by atoms with Crippen molar-refractivity contribution >= 4 is 22.9 Å². The zero-order valence-electron chi connectivity index (χ0n) is 8.28. The van der Waals surface area contributed by atoms with Gasteiger partial charge in [-0.25, -0.2) is 4.39 Å². The van der Waals surface area contributed by atoms with Crippen LogP contribution in [0, 0.1) is 5.82 Å². The van der Waals surface area contributed by atoms with Gasteiger partial charge >= 0.3 is 0 Å². The van der Waals surface area contributed by atoms with E-state index in [9.17, 15) is 4.39 Å². The molecule has 1 heterocycles. The van der Waals surface area contributed by atoms with Crippen molar-refractivity contribution in [2.45, 2.75) is 6.42 Å². The predicted octanol–water partition coefficient (Wildman–Crippen LogP) is 2.50. The number of nitrogens with two attached hydrogens (primary N) is 1. The topological polar surface area (TPSA) is 51.8 Å². The van der Waals surface area contributed by atoms with Crippen molar-refractivity contribution in [1.29, 1.82) is 0 Å². The van der Waals surface area contributed by atoms with Crippen LogP contribution in [0.25, 0.3) is 10.6 Å². The van der Waals surface area contributed by atoms with Crippen LogP contribution in [0.1, 0.15) is 5.01 Å². The number of nitrogens with zero attached hydrogens (tertiary/aromatic N) is 2. The first-order valence-corrected chi connectivity index (χ1v) is 5.88. The molecular weight excluding hydrogens is 249 g/mol. The Kier molecular flexibility index (Phi) is 3.48. The first-order valence-electron chi connectivity index (χ1n) is 4.68. The van der Waals surface area contributed by atoms with Crippen LogP contribution in [0.3, 0.4) is 0 Å². The molecule has 6 heteroatoms. The second kappa shape index (κ2) is 4.86. The van der Waals surface area contributed by atoms with Crippen LogP contribution >= 0.6 is 22.9 Å². The molecule has 0 spiro atoms. The fourth-order valence-corrected chi connectivity index (χ4v) is 2.29. The number of hydrogen-bond acceptors (Lipinski definition) is 4. The average Bonchev–Trinajstić information content (AvgIpc) is 2.67. The predicted molar refractivity (Wildman–Crippen MR) is 63.1 cm³/mol. The summed E-state index contributed by atoms with van der Waals surface area (Å²) in [6, 6.07) is 4.50. The van der Waals surface area contributed by atoms with Gasteiger partial charge in [0.1, 0.15) is 10.8 Å². The summed E-state index contributed by atoms with van der Waals surface area (Å²) in [7, 11) is 0. The summed E-state index contributed by atoms with van der Waals surface area (Å²) < 4.78 is 13.6. The van der Waals surface area contributed by atoms with Gasteiger partial charge in [-0.2, -0.15) is 0 Å². The van der Waals surface area contributed by atoms with Crippen LogP contribution in [0.15, 0.2) is 18.2 Å². The van der Waals surface area contributed by atoms with Gasteiger partial charge in [0.25, 0.3) is 0 Å². The highest BCUT2D eigenvalue weighted by atomic mass is 35.5. The van der Waals surface area contributed by atoms with Crippen LogP contribution < -0.4 is 5.73 Å². The van der Waals surface area contributed by atoms with Crippen molar-refractivity contribution in [3.8, 4) is 10.6 Å². The first-order chi connectivity index (χ1) is 7.70. The largest absolute Gasteiger partial charge is 0.330 e. The van der Waals surface area contributed by atoms with Gasteiger partial charge in [0, 0.05) is 17.0 Å². The quantitative estimate of drug-likeness (QED) is 0.919. The molecule has 1 aromatic carbocycles. The zero-order chi connectivity index (χ0) is 11.5. The Bertz CT molecular complexity index is 501. The highest BCUT2D eigenvalue weighted by molar-refractivity contribution is 7.14. The van der Waals surface area contributed by atoms with Crippen molar-refractivity contribution in [1.82, 2.24) is 10.2 Å². The Morgan fingerprint density at radius 1 is 1.38 bits per heavy atom. The van der Waals surface area contributed by atoms with E-state index in [1.54, 1.807) is 12.1 Å². The third-order valence-electron chi connectivity index (χ3n) is 1.99. The van der Waals surface area contributed by atoms with E-state index in [2.05, 4.69) is 10.2 Å². The maximum Gasteiger partial charge on any atom is 0.150 e. The molecule has 84 valence electrons. The molecule has 2 rings (SSSR count). The standard InChI is InChI=1S/C10H9ClFN3S/c11-6-1-2-7(8(12)5-6)10-15-14-9(16-10)3-4-13/h1-2,5H,3-4,13H2. The molecular formula is C10H9ClFN3S. The van der Waals surface area contributed by atoms with Gasteiger partial charge in [-0.15, -0.1) is 10.2 Å². The van der Waals surface area contributed by atoms with Crippen molar-refractivity contribution in [3.05, 3.63) is 34.0 Å². The monoisotopic (exact) mass is 257 g/mol. The molecule has 0 bridgehead atoms. The Morgan fingerprint density at radius 2 is 2.19 bits per heavy atom. The SMILES string of the molecule is NCCc1nnc(-c2ccc(Cl)cc2F)s1. The van der Waals surface area contributed by atoms with Gasteiger partial charge < -0.3 is 5.73 Å². The maximum absolute atomic E-state index is 13.6. The normalized spacial score (nSPS) is 10.7. The molecule has 2 N–H and O–H groups in total. The van der Waals surface area contributed by atoms with E-state index >= 15 is 0 Å². The number of halogens is 2. The summed E-state index contributed by atoms with van der Waals surface area (Å²) in [6.07, 6.45) is 0.660. The number of aromatic nitrogens is 2. The van der Waals surface area contributed by atoms with E-state index in [1.165, 1.54) is 17.4 Å². The molecule has 3 nitrogen and oxygen atoms in total. The minimum absolute atomic E-state index is 0.368. The van der Waals surface area contributed by atoms with Gasteiger partial charge in [0.05, 0.1) is 0 Å². The third-order valence-corrected chi connectivity index (χ3v) is 3.24. The number of benzene rings is 1. The Balaban J connectivity index is 2.35. The molecule has 2 aromatic rings. The van der Waals surface area contributed by atoms with Crippen molar-refractivity contribution in [3.63, 3.8) is 0 Å². The molecule has 0 saturated heterocycles. The fourth-order valence-electron chi connectivity index (χ4n) is 1.25. The minimum Gasteiger partial charge on any atom is -0.330 e. The van der Waals surface area contributed by atoms with Crippen LogP contribution in [0.5, 0.6) is 0 Å². The van der Waals surface area contributed by atoms with E-state index < -0.39 is 0 Å². The Morgan fingerprint density at radius 3 is 2.88 bits per heavy atom. The van der Waals surface area contributed by atoms with Crippen molar-refractivity contribution < 1.29 is 4.39 Å². The molecule has 0 fully saturated rings. The van der Waals surface area contributed by atoms with E-state index in [0.717, 1.165) is 5.01 Å². The second-order valence-electron chi connectivity index (χ2n) is 3.16. The van der Waals surface area contributed by atoms with E-state index in [0.29, 0.717) is 28.6 Å². The summed E-state index contributed by atoms with van der Waals surface area (Å²) in [5, 5.41) is 9.59. The minimum atomic E-state index is -0.386. The highest BCUT2D eigenvalue weighted by Gasteiger charge is 2.11. The summed E-state index contributed by atoms with van der Waals surface area (Å²) in [4.78, 5) is 0. The molecule has 1 aromatic heterocycles. The van der Waals surface area contributed by atoms with Gasteiger partial charge in [0.2, 0.25) is 0 Å². The molecule has 0 unspecified atom stereocenters. The molecule has 16 heavy (non-hydrogen) atoms. The van der Waals surface area contributed by atoms with Gasteiger partial charge in [-0.05, 0) is 24.7 Å². The smallest absolute Gasteiger partial charge is 0.150 e. The lowest BCUT2D eigenvalue weighted by molar-refractivity contribution is 0.631. The van der Waals surface area contributed by atoms with Crippen LogP contribution in [-0.2, 0) is 6.42 Å². The van der Waals surface area contributed by atoms with Crippen LogP contribution in [-0.4, -0.2) is 16.7 Å².